The molecule has 1 aromatic heterocycles. The van der Waals surface area contributed by atoms with Gasteiger partial charge in [-0.1, -0.05) is 13.0 Å². The van der Waals surface area contributed by atoms with E-state index < -0.39 is 0 Å². The highest BCUT2D eigenvalue weighted by Gasteiger charge is 2.04. The lowest BCUT2D eigenvalue weighted by Crippen LogP contribution is -2.02. The molecule has 0 saturated heterocycles. The molecule has 0 radical (unpaired) electrons. The summed E-state index contributed by atoms with van der Waals surface area (Å²) in [5, 5.41) is 0.250. The van der Waals surface area contributed by atoms with Crippen molar-refractivity contribution in [1.29, 1.82) is 0 Å². The fourth-order valence-electron chi connectivity index (χ4n) is 1.18. The molecule has 0 spiro atoms. The Morgan fingerprint density at radius 2 is 2.38 bits per heavy atom. The number of nitrogen functional groups attached to an aromatic ring is 1. The molecule has 2 nitrogen and oxygen atoms in total. The van der Waals surface area contributed by atoms with Crippen molar-refractivity contribution in [3.8, 4) is 0 Å². The van der Waals surface area contributed by atoms with Crippen LogP contribution in [0, 0.1) is 0 Å². The molecule has 3 heteroatoms. The second-order valence-electron chi connectivity index (χ2n) is 3.09. The first kappa shape index (κ1) is 10.3. The summed E-state index contributed by atoms with van der Waals surface area (Å²) in [6, 6.07) is 3.91. The number of hydrogen-bond donors (Lipinski definition) is 1. The molecule has 0 bridgehead atoms. The topological polar surface area (TPSA) is 38.9 Å². The van der Waals surface area contributed by atoms with Crippen LogP contribution in [0.25, 0.3) is 0 Å². The van der Waals surface area contributed by atoms with Gasteiger partial charge in [-0.05, 0) is 30.9 Å². The Hall–Kier alpha value is -0.760. The van der Waals surface area contributed by atoms with Gasteiger partial charge in [-0.15, -0.1) is 11.6 Å². The lowest BCUT2D eigenvalue weighted by Gasteiger charge is -2.07. The van der Waals surface area contributed by atoms with Crippen LogP contribution in [0.4, 0.5) is 5.82 Å². The second kappa shape index (κ2) is 5.07. The average Bonchev–Trinajstić information content (AvgIpc) is 2.16. The summed E-state index contributed by atoms with van der Waals surface area (Å²) in [7, 11) is 0. The molecule has 0 amide bonds. The fraction of sp³-hybridized carbons (Fsp3) is 0.500. The number of hydrogen-bond acceptors (Lipinski definition) is 2. The number of aromatic nitrogens is 1. The van der Waals surface area contributed by atoms with Crippen molar-refractivity contribution in [1.82, 2.24) is 4.98 Å². The first-order chi connectivity index (χ1) is 6.24. The van der Waals surface area contributed by atoms with Crippen LogP contribution in [0.15, 0.2) is 18.3 Å². The predicted octanol–water partition coefficient (Wildman–Crippen LogP) is 2.61. The normalized spacial score (nSPS) is 12.8. The van der Waals surface area contributed by atoms with E-state index >= 15 is 0 Å². The quantitative estimate of drug-likeness (QED) is 0.756. The maximum atomic E-state index is 6.01. The summed E-state index contributed by atoms with van der Waals surface area (Å²) >= 11 is 6.01. The third-order valence-corrected chi connectivity index (χ3v) is 2.62. The first-order valence-corrected chi connectivity index (χ1v) is 5.01. The molecule has 0 fully saturated rings. The Kier molecular flexibility index (Phi) is 4.03. The molecule has 0 saturated carbocycles. The number of aryl methyl sites for hydroxylation is 1. The molecule has 72 valence electrons. The van der Waals surface area contributed by atoms with Gasteiger partial charge in [-0.25, -0.2) is 4.98 Å². The highest BCUT2D eigenvalue weighted by Crippen LogP contribution is 2.14. The summed E-state index contributed by atoms with van der Waals surface area (Å²) in [4.78, 5) is 4.02. The zero-order valence-corrected chi connectivity index (χ0v) is 8.59. The number of pyridine rings is 1. The summed E-state index contributed by atoms with van der Waals surface area (Å²) in [6.45, 7) is 2.09. The Morgan fingerprint density at radius 3 is 3.00 bits per heavy atom. The van der Waals surface area contributed by atoms with E-state index in [2.05, 4.69) is 11.9 Å². The van der Waals surface area contributed by atoms with Crippen LogP contribution in [-0.4, -0.2) is 10.4 Å². The Morgan fingerprint density at radius 1 is 1.62 bits per heavy atom. The van der Waals surface area contributed by atoms with E-state index in [-0.39, 0.29) is 5.38 Å². The minimum Gasteiger partial charge on any atom is -0.383 e. The number of alkyl halides is 1. The lowest BCUT2D eigenvalue weighted by molar-refractivity contribution is 0.726. The van der Waals surface area contributed by atoms with Gasteiger partial charge in [0.25, 0.3) is 0 Å². The molecule has 0 aromatic carbocycles. The van der Waals surface area contributed by atoms with Crippen LogP contribution in [0.1, 0.15) is 25.3 Å². The van der Waals surface area contributed by atoms with E-state index in [1.165, 1.54) is 0 Å². The fourth-order valence-corrected chi connectivity index (χ4v) is 1.29. The summed E-state index contributed by atoms with van der Waals surface area (Å²) < 4.78 is 0. The van der Waals surface area contributed by atoms with Crippen molar-refractivity contribution in [3.63, 3.8) is 0 Å². The maximum Gasteiger partial charge on any atom is 0.126 e. The minimum atomic E-state index is 0.250. The first-order valence-electron chi connectivity index (χ1n) is 4.57. The zero-order valence-electron chi connectivity index (χ0n) is 7.83. The van der Waals surface area contributed by atoms with Crippen LogP contribution < -0.4 is 5.73 Å². The van der Waals surface area contributed by atoms with Crippen molar-refractivity contribution in [2.75, 3.05) is 5.73 Å². The van der Waals surface area contributed by atoms with E-state index in [1.54, 1.807) is 6.20 Å². The number of nitrogens with two attached hydrogens (primary N) is 1. The van der Waals surface area contributed by atoms with Crippen LogP contribution in [-0.2, 0) is 6.42 Å². The molecule has 1 atom stereocenters. The van der Waals surface area contributed by atoms with E-state index in [0.29, 0.717) is 5.82 Å². The van der Waals surface area contributed by atoms with Gasteiger partial charge in [0.15, 0.2) is 0 Å². The largest absolute Gasteiger partial charge is 0.383 e. The van der Waals surface area contributed by atoms with Crippen molar-refractivity contribution < 1.29 is 0 Å². The van der Waals surface area contributed by atoms with Gasteiger partial charge < -0.3 is 5.73 Å². The Labute approximate surface area is 84.1 Å². The number of rotatable bonds is 4. The van der Waals surface area contributed by atoms with Gasteiger partial charge in [0.05, 0.1) is 0 Å². The second-order valence-corrected chi connectivity index (χ2v) is 3.71. The van der Waals surface area contributed by atoms with Gasteiger partial charge in [-0.3, -0.25) is 0 Å². The molecule has 13 heavy (non-hydrogen) atoms. The molecule has 1 rings (SSSR count). The van der Waals surface area contributed by atoms with Gasteiger partial charge in [-0.2, -0.15) is 0 Å². The molecule has 0 aliphatic rings. The van der Waals surface area contributed by atoms with Crippen molar-refractivity contribution in [3.05, 3.63) is 23.9 Å². The monoisotopic (exact) mass is 198 g/mol. The van der Waals surface area contributed by atoms with E-state index in [9.17, 15) is 0 Å². The number of halogens is 1. The number of anilines is 1. The van der Waals surface area contributed by atoms with Crippen LogP contribution in [0.2, 0.25) is 0 Å². The van der Waals surface area contributed by atoms with Crippen molar-refractivity contribution in [2.45, 2.75) is 31.6 Å². The SMILES string of the molecule is CCC(Cl)CCc1cccnc1N. The average molecular weight is 199 g/mol. The van der Waals surface area contributed by atoms with E-state index in [4.69, 9.17) is 17.3 Å². The zero-order chi connectivity index (χ0) is 9.68. The Balaban J connectivity index is 2.50. The summed E-state index contributed by atoms with van der Waals surface area (Å²) in [5.74, 6) is 0.627. The molecular weight excluding hydrogens is 184 g/mol. The molecule has 1 aromatic rings. The molecule has 1 unspecified atom stereocenters. The van der Waals surface area contributed by atoms with E-state index in [1.807, 2.05) is 12.1 Å². The lowest BCUT2D eigenvalue weighted by atomic mass is 10.1. The summed E-state index contributed by atoms with van der Waals surface area (Å²) in [6.07, 6.45) is 4.59. The van der Waals surface area contributed by atoms with Gasteiger partial charge >= 0.3 is 0 Å². The van der Waals surface area contributed by atoms with Crippen LogP contribution >= 0.6 is 11.6 Å². The third-order valence-electron chi connectivity index (χ3n) is 2.10. The molecule has 0 aliphatic carbocycles. The van der Waals surface area contributed by atoms with Gasteiger partial charge in [0, 0.05) is 11.6 Å². The highest BCUT2D eigenvalue weighted by atomic mass is 35.5. The smallest absolute Gasteiger partial charge is 0.126 e. The van der Waals surface area contributed by atoms with E-state index in [0.717, 1.165) is 24.8 Å². The van der Waals surface area contributed by atoms with Crippen LogP contribution in [0.5, 0.6) is 0 Å². The molecular formula is C10H15ClN2. The van der Waals surface area contributed by atoms with Crippen molar-refractivity contribution in [2.24, 2.45) is 0 Å². The maximum absolute atomic E-state index is 6.01. The Bertz CT molecular complexity index is 263. The number of nitrogens with zero attached hydrogens (tertiary/aromatic N) is 1. The minimum absolute atomic E-state index is 0.250. The molecule has 0 aliphatic heterocycles. The van der Waals surface area contributed by atoms with Gasteiger partial charge in [0.2, 0.25) is 0 Å². The highest BCUT2D eigenvalue weighted by molar-refractivity contribution is 6.20. The predicted molar refractivity (Wildman–Crippen MR) is 56.9 cm³/mol. The molecule has 2 N–H and O–H groups in total. The van der Waals surface area contributed by atoms with Crippen LogP contribution in [0.3, 0.4) is 0 Å². The van der Waals surface area contributed by atoms with Gasteiger partial charge in [0.1, 0.15) is 5.82 Å². The third kappa shape index (κ3) is 3.23. The molecule has 1 heterocycles. The standard InChI is InChI=1S/C10H15ClN2/c1-2-9(11)6-5-8-4-3-7-13-10(8)12/h3-4,7,9H,2,5-6H2,1H3,(H2,12,13). The summed E-state index contributed by atoms with van der Waals surface area (Å²) in [5.41, 5.74) is 6.79. The van der Waals surface area contributed by atoms with Crippen molar-refractivity contribution >= 4 is 17.4 Å².